The predicted octanol–water partition coefficient (Wildman–Crippen LogP) is 5.49. The highest BCUT2D eigenvalue weighted by Crippen LogP contribution is 2.52. The lowest BCUT2D eigenvalue weighted by Gasteiger charge is -2.25. The summed E-state index contributed by atoms with van der Waals surface area (Å²) in [5.41, 5.74) is 1.91. The van der Waals surface area contributed by atoms with Crippen LogP contribution in [0.1, 0.15) is 85.3 Å². The maximum absolute atomic E-state index is 12.6. The van der Waals surface area contributed by atoms with Gasteiger partial charge in [0.1, 0.15) is 0 Å². The second-order valence-electron chi connectivity index (χ2n) is 8.26. The smallest absolute Gasteiger partial charge is 0.338 e. The lowest BCUT2D eigenvalue weighted by atomic mass is 9.91. The molecule has 0 aliphatic heterocycles. The molecule has 8 heteroatoms. The summed E-state index contributed by atoms with van der Waals surface area (Å²) in [6, 6.07) is 0. The first-order valence-electron chi connectivity index (χ1n) is 11.0. The molecule has 186 valence electrons. The summed E-state index contributed by atoms with van der Waals surface area (Å²) in [5, 5.41) is 0. The number of carbonyl (C=O) groups is 4. The third-order valence-electron chi connectivity index (χ3n) is 4.92. The number of rotatable bonds is 9. The molecule has 0 N–H and O–H groups in total. The number of hydrogen-bond acceptors (Lipinski definition) is 8. The Balaban J connectivity index is 4.02. The van der Waals surface area contributed by atoms with Crippen molar-refractivity contribution in [1.29, 1.82) is 0 Å². The second kappa shape index (κ2) is 12.7. The molecule has 1 unspecified atom stereocenters. The minimum Gasteiger partial charge on any atom is -0.422 e. The highest BCUT2D eigenvalue weighted by Gasteiger charge is 2.33. The molecule has 1 rings (SSSR count). The summed E-state index contributed by atoms with van der Waals surface area (Å²) in [6.07, 6.45) is 4.89. The molecule has 0 bridgehead atoms. The largest absolute Gasteiger partial charge is 0.422 e. The molecule has 0 heterocycles. The zero-order valence-electron chi connectivity index (χ0n) is 21.4. The van der Waals surface area contributed by atoms with E-state index in [9.17, 15) is 19.2 Å². The Labute approximate surface area is 200 Å². The van der Waals surface area contributed by atoms with E-state index >= 15 is 0 Å². The Bertz CT molecular complexity index is 1030. The lowest BCUT2D eigenvalue weighted by Crippen LogP contribution is -2.18. The fourth-order valence-corrected chi connectivity index (χ4v) is 3.18. The van der Waals surface area contributed by atoms with Crippen molar-refractivity contribution in [3.05, 3.63) is 34.4 Å². The first-order valence-corrected chi connectivity index (χ1v) is 11.0. The van der Waals surface area contributed by atoms with E-state index in [1.54, 1.807) is 19.9 Å². The quantitative estimate of drug-likeness (QED) is 0.200. The summed E-state index contributed by atoms with van der Waals surface area (Å²) in [6.45, 7) is 14.2. The van der Waals surface area contributed by atoms with Gasteiger partial charge in [0.25, 0.3) is 0 Å². The Morgan fingerprint density at radius 1 is 0.765 bits per heavy atom. The van der Waals surface area contributed by atoms with E-state index in [2.05, 4.69) is 0 Å². The summed E-state index contributed by atoms with van der Waals surface area (Å²) in [7, 11) is 0. The first-order chi connectivity index (χ1) is 15.8. The number of carbonyl (C=O) groups excluding carboxylic acids is 4. The van der Waals surface area contributed by atoms with Crippen molar-refractivity contribution in [2.75, 3.05) is 0 Å². The van der Waals surface area contributed by atoms with Gasteiger partial charge in [-0.3, -0.25) is 14.4 Å². The average molecular weight is 475 g/mol. The average Bonchev–Trinajstić information content (AvgIpc) is 2.71. The van der Waals surface area contributed by atoms with Crippen molar-refractivity contribution in [2.45, 2.75) is 81.1 Å². The zero-order chi connectivity index (χ0) is 26.2. The van der Waals surface area contributed by atoms with Crippen molar-refractivity contribution >= 4 is 23.9 Å². The number of ether oxygens (including phenoxy) is 4. The fraction of sp³-hybridized carbons (Fsp3) is 0.462. The van der Waals surface area contributed by atoms with Crippen LogP contribution in [-0.4, -0.2) is 23.9 Å². The highest BCUT2D eigenvalue weighted by molar-refractivity contribution is 5.91. The monoisotopic (exact) mass is 474 g/mol. The van der Waals surface area contributed by atoms with E-state index in [0.717, 1.165) is 5.57 Å². The van der Waals surface area contributed by atoms with E-state index in [1.165, 1.54) is 27.7 Å². The molecule has 1 aromatic carbocycles. The van der Waals surface area contributed by atoms with Gasteiger partial charge in [-0.25, -0.2) is 4.79 Å². The molecule has 0 aliphatic carbocycles. The number of allylic oxidation sites excluding steroid dienone is 3. The summed E-state index contributed by atoms with van der Waals surface area (Å²) in [5.74, 6) is -3.27. The van der Waals surface area contributed by atoms with E-state index in [-0.39, 0.29) is 40.0 Å². The van der Waals surface area contributed by atoms with Crippen molar-refractivity contribution in [3.63, 3.8) is 0 Å². The van der Waals surface area contributed by atoms with Crippen LogP contribution < -0.4 is 18.9 Å². The van der Waals surface area contributed by atoms with Gasteiger partial charge < -0.3 is 18.9 Å². The minimum absolute atomic E-state index is 0.0521. The summed E-state index contributed by atoms with van der Waals surface area (Å²) < 4.78 is 22.0. The molecule has 0 aliphatic rings. The van der Waals surface area contributed by atoms with E-state index < -0.39 is 23.9 Å². The van der Waals surface area contributed by atoms with Gasteiger partial charge in [-0.15, -0.1) is 0 Å². The van der Waals surface area contributed by atoms with Gasteiger partial charge in [-0.1, -0.05) is 24.6 Å². The molecule has 8 nitrogen and oxygen atoms in total. The second-order valence-corrected chi connectivity index (χ2v) is 8.26. The molecule has 1 aromatic rings. The Hall–Kier alpha value is -3.42. The molecule has 0 radical (unpaired) electrons. The fourth-order valence-electron chi connectivity index (χ4n) is 3.18. The van der Waals surface area contributed by atoms with Crippen LogP contribution in [0.3, 0.4) is 0 Å². The molecular formula is C26H34O8. The third kappa shape index (κ3) is 7.86. The number of benzene rings is 1. The summed E-state index contributed by atoms with van der Waals surface area (Å²) in [4.78, 5) is 48.6. The normalized spacial score (nSPS) is 11.9. The van der Waals surface area contributed by atoms with Gasteiger partial charge in [-0.2, -0.15) is 0 Å². The van der Waals surface area contributed by atoms with E-state index in [1.807, 2.05) is 26.8 Å². The summed E-state index contributed by atoms with van der Waals surface area (Å²) >= 11 is 0. The highest BCUT2D eigenvalue weighted by atomic mass is 16.6. The standard InChI is InChI=1S/C26H34O8/c1-10-15(4)26(30)34-23-17(6)22(31-18(7)27)24(32-19(8)28)21(25(23)33-20(9)29)16(5)13-11-12-14(2)3/h10,12,16H,11,13H2,1-9H3. The van der Waals surface area contributed by atoms with E-state index in [0.29, 0.717) is 18.4 Å². The van der Waals surface area contributed by atoms with Crippen LogP contribution in [-0.2, 0) is 19.2 Å². The van der Waals surface area contributed by atoms with Crippen LogP contribution in [0.15, 0.2) is 23.3 Å². The molecule has 0 saturated heterocycles. The van der Waals surface area contributed by atoms with Gasteiger partial charge >= 0.3 is 23.9 Å². The maximum Gasteiger partial charge on any atom is 0.338 e. The Kier molecular flexibility index (Phi) is 10.7. The van der Waals surface area contributed by atoms with Crippen molar-refractivity contribution in [2.24, 2.45) is 0 Å². The van der Waals surface area contributed by atoms with Crippen molar-refractivity contribution in [1.82, 2.24) is 0 Å². The zero-order valence-corrected chi connectivity index (χ0v) is 21.4. The molecular weight excluding hydrogens is 440 g/mol. The number of hydrogen-bond donors (Lipinski definition) is 0. The lowest BCUT2D eigenvalue weighted by molar-refractivity contribution is -0.135. The minimum atomic E-state index is -0.670. The van der Waals surface area contributed by atoms with E-state index in [4.69, 9.17) is 18.9 Å². The van der Waals surface area contributed by atoms with Crippen LogP contribution in [0, 0.1) is 6.92 Å². The Morgan fingerprint density at radius 2 is 1.21 bits per heavy atom. The van der Waals surface area contributed by atoms with Crippen LogP contribution in [0.2, 0.25) is 0 Å². The third-order valence-corrected chi connectivity index (χ3v) is 4.92. The van der Waals surface area contributed by atoms with Gasteiger partial charge in [0.15, 0.2) is 23.0 Å². The van der Waals surface area contributed by atoms with Gasteiger partial charge in [0, 0.05) is 37.5 Å². The van der Waals surface area contributed by atoms with Crippen molar-refractivity contribution < 1.29 is 38.1 Å². The molecule has 0 saturated carbocycles. The Morgan fingerprint density at radius 3 is 1.62 bits per heavy atom. The first kappa shape index (κ1) is 28.6. The molecule has 0 amide bonds. The van der Waals surface area contributed by atoms with Crippen LogP contribution >= 0.6 is 0 Å². The molecule has 34 heavy (non-hydrogen) atoms. The molecule has 0 fully saturated rings. The number of esters is 4. The van der Waals surface area contributed by atoms with Crippen LogP contribution in [0.4, 0.5) is 0 Å². The molecule has 1 atom stereocenters. The van der Waals surface area contributed by atoms with Gasteiger partial charge in [0.05, 0.1) is 0 Å². The van der Waals surface area contributed by atoms with Gasteiger partial charge in [-0.05, 0) is 53.4 Å². The topological polar surface area (TPSA) is 105 Å². The SMILES string of the molecule is CC=C(C)C(=O)Oc1c(C)c(OC(C)=O)c(OC(C)=O)c(C(C)CCC=C(C)C)c1OC(C)=O. The van der Waals surface area contributed by atoms with Crippen molar-refractivity contribution in [3.8, 4) is 23.0 Å². The van der Waals surface area contributed by atoms with Crippen LogP contribution in [0.25, 0.3) is 0 Å². The molecule has 0 aromatic heterocycles. The van der Waals surface area contributed by atoms with Gasteiger partial charge in [0.2, 0.25) is 0 Å². The van der Waals surface area contributed by atoms with Crippen LogP contribution in [0.5, 0.6) is 23.0 Å². The molecule has 0 spiro atoms. The maximum atomic E-state index is 12.6. The predicted molar refractivity (Wildman–Crippen MR) is 127 cm³/mol.